The van der Waals surface area contributed by atoms with Gasteiger partial charge in [-0.25, -0.2) is 4.79 Å². The molecule has 6 rings (SSSR count). The molecule has 1 aliphatic heterocycles. The number of allylic oxidation sites excluding steroid dienone is 1. The van der Waals surface area contributed by atoms with Crippen LogP contribution in [0.2, 0.25) is 0 Å². The second-order valence-corrected chi connectivity index (χ2v) is 15.4. The van der Waals surface area contributed by atoms with Crippen molar-refractivity contribution in [1.29, 1.82) is 0 Å². The van der Waals surface area contributed by atoms with Crippen molar-refractivity contribution in [2.75, 3.05) is 11.4 Å². The number of fused-ring (bicyclic) bond motifs is 6. The van der Waals surface area contributed by atoms with Gasteiger partial charge in [-0.2, -0.15) is 0 Å². The Morgan fingerprint density at radius 3 is 2.67 bits per heavy atom. The number of ether oxygens (including phenoxy) is 1. The third-order valence-corrected chi connectivity index (χ3v) is 12.9. The van der Waals surface area contributed by atoms with Crippen molar-refractivity contribution in [3.8, 4) is 0 Å². The van der Waals surface area contributed by atoms with Crippen LogP contribution < -0.4 is 4.90 Å². The fraction of sp³-hybridized carbons (Fsp3) is 0.757. The van der Waals surface area contributed by atoms with Crippen LogP contribution in [0.4, 0.5) is 10.5 Å². The lowest BCUT2D eigenvalue weighted by molar-refractivity contribution is -0.0579. The smallest absolute Gasteiger partial charge is 0.414 e. The Kier molecular flexibility index (Phi) is 7.90. The van der Waals surface area contributed by atoms with Gasteiger partial charge in [0.05, 0.1) is 5.69 Å². The number of benzene rings is 1. The molecule has 0 bridgehead atoms. The highest BCUT2D eigenvalue weighted by molar-refractivity contribution is 5.89. The lowest BCUT2D eigenvalue weighted by atomic mass is 9.47. The summed E-state index contributed by atoms with van der Waals surface area (Å²) in [5, 5.41) is 0. The van der Waals surface area contributed by atoms with Crippen LogP contribution in [0.1, 0.15) is 117 Å². The Balaban J connectivity index is 1.11. The topological polar surface area (TPSA) is 29.5 Å². The van der Waals surface area contributed by atoms with Crippen molar-refractivity contribution in [2.45, 2.75) is 124 Å². The molecule has 1 amide bonds. The summed E-state index contributed by atoms with van der Waals surface area (Å²) in [5.74, 6) is 5.17. The molecule has 8 unspecified atom stereocenters. The lowest BCUT2D eigenvalue weighted by Gasteiger charge is -2.58. The number of carbonyl (C=O) groups is 1. The van der Waals surface area contributed by atoms with E-state index in [0.717, 1.165) is 73.4 Å². The van der Waals surface area contributed by atoms with Crippen molar-refractivity contribution in [1.82, 2.24) is 0 Å². The predicted molar refractivity (Wildman–Crippen MR) is 165 cm³/mol. The Bertz CT molecular complexity index is 1110. The maximum atomic E-state index is 13.3. The van der Waals surface area contributed by atoms with E-state index in [1.807, 2.05) is 11.0 Å². The third kappa shape index (κ3) is 4.96. The first kappa shape index (κ1) is 28.4. The first-order valence-electron chi connectivity index (χ1n) is 17.0. The molecule has 0 radical (unpaired) electrons. The molecule has 3 saturated carbocycles. The highest BCUT2D eigenvalue weighted by Gasteiger charge is 2.59. The van der Waals surface area contributed by atoms with Gasteiger partial charge in [0, 0.05) is 13.0 Å². The van der Waals surface area contributed by atoms with E-state index in [1.54, 1.807) is 5.57 Å². The molecule has 3 fully saturated rings. The molecule has 3 nitrogen and oxygen atoms in total. The van der Waals surface area contributed by atoms with Crippen LogP contribution in [0, 0.1) is 46.3 Å². The fourth-order valence-electron chi connectivity index (χ4n) is 10.7. The monoisotopic (exact) mass is 545 g/mol. The molecule has 0 spiro atoms. The minimum absolute atomic E-state index is 0.0221. The SMILES string of the molecule is CC(C)CCCC(C)C1CCC2C3CC=C4CC(OC(=O)N5CCCc6ccccc65)CCC4(C)C3CCC12C. The van der Waals surface area contributed by atoms with Crippen molar-refractivity contribution < 1.29 is 9.53 Å². The summed E-state index contributed by atoms with van der Waals surface area (Å²) >= 11 is 0. The molecular formula is C37H55NO2. The molecule has 4 aliphatic carbocycles. The summed E-state index contributed by atoms with van der Waals surface area (Å²) < 4.78 is 6.24. The van der Waals surface area contributed by atoms with E-state index in [4.69, 9.17) is 4.74 Å². The fourth-order valence-corrected chi connectivity index (χ4v) is 10.7. The molecule has 220 valence electrons. The van der Waals surface area contributed by atoms with Crippen molar-refractivity contribution in [2.24, 2.45) is 46.3 Å². The van der Waals surface area contributed by atoms with E-state index >= 15 is 0 Å². The predicted octanol–water partition coefficient (Wildman–Crippen LogP) is 9.99. The van der Waals surface area contributed by atoms with Crippen LogP contribution in [0.25, 0.3) is 0 Å². The Morgan fingerprint density at radius 1 is 1.02 bits per heavy atom. The molecule has 0 saturated heterocycles. The van der Waals surface area contributed by atoms with Gasteiger partial charge in [-0.05, 0) is 116 Å². The number of amides is 1. The maximum Gasteiger partial charge on any atom is 0.414 e. The Hall–Kier alpha value is -1.77. The number of hydrogen-bond acceptors (Lipinski definition) is 2. The van der Waals surface area contributed by atoms with Crippen LogP contribution in [-0.4, -0.2) is 18.7 Å². The highest BCUT2D eigenvalue weighted by Crippen LogP contribution is 2.67. The van der Waals surface area contributed by atoms with Gasteiger partial charge in [0.25, 0.3) is 0 Å². The average Bonchev–Trinajstić information content (AvgIpc) is 3.30. The zero-order valence-corrected chi connectivity index (χ0v) is 26.1. The number of hydrogen-bond donors (Lipinski definition) is 0. The number of aryl methyl sites for hydroxylation is 1. The van der Waals surface area contributed by atoms with E-state index in [-0.39, 0.29) is 12.2 Å². The lowest BCUT2D eigenvalue weighted by Crippen LogP contribution is -2.51. The number of anilines is 1. The molecule has 0 N–H and O–H groups in total. The number of carbonyl (C=O) groups excluding carboxylic acids is 1. The van der Waals surface area contributed by atoms with Gasteiger partial charge in [0.1, 0.15) is 6.10 Å². The van der Waals surface area contributed by atoms with Gasteiger partial charge in [0.2, 0.25) is 0 Å². The van der Waals surface area contributed by atoms with Crippen LogP contribution in [-0.2, 0) is 11.2 Å². The van der Waals surface area contributed by atoms with Gasteiger partial charge in [-0.1, -0.05) is 83.7 Å². The van der Waals surface area contributed by atoms with Gasteiger partial charge in [0.15, 0.2) is 0 Å². The molecule has 3 heteroatoms. The van der Waals surface area contributed by atoms with Crippen molar-refractivity contribution >= 4 is 11.8 Å². The highest BCUT2D eigenvalue weighted by atomic mass is 16.6. The van der Waals surface area contributed by atoms with E-state index in [9.17, 15) is 4.79 Å². The quantitative estimate of drug-likeness (QED) is 0.333. The standard InChI is InChI=1S/C37H55NO2/c1-25(2)10-8-11-26(3)31-17-18-32-30-16-15-28-24-29(19-21-36(28,4)33(30)20-22-37(31,32)5)40-35(39)38-23-9-13-27-12-6-7-14-34(27)38/h6-7,12,14-15,25-26,29-33H,8-11,13,16-24H2,1-5H3. The maximum absolute atomic E-state index is 13.3. The number of para-hydroxylation sites is 1. The second kappa shape index (κ2) is 11.1. The Labute approximate surface area is 244 Å². The minimum atomic E-state index is -0.136. The summed E-state index contributed by atoms with van der Waals surface area (Å²) in [7, 11) is 0. The zero-order chi connectivity index (χ0) is 28.1. The summed E-state index contributed by atoms with van der Waals surface area (Å²) in [6.07, 6.45) is 18.9. The molecule has 8 atom stereocenters. The summed E-state index contributed by atoms with van der Waals surface area (Å²) in [5.41, 5.74) is 4.76. The average molecular weight is 546 g/mol. The van der Waals surface area contributed by atoms with Crippen molar-refractivity contribution in [3.05, 3.63) is 41.5 Å². The molecule has 1 aromatic carbocycles. The molecule has 5 aliphatic rings. The summed E-state index contributed by atoms with van der Waals surface area (Å²) in [6, 6.07) is 8.34. The summed E-state index contributed by atoms with van der Waals surface area (Å²) in [6.45, 7) is 13.4. The molecule has 0 aromatic heterocycles. The number of nitrogens with zero attached hydrogens (tertiary/aromatic N) is 1. The largest absolute Gasteiger partial charge is 0.446 e. The van der Waals surface area contributed by atoms with E-state index < -0.39 is 0 Å². The van der Waals surface area contributed by atoms with E-state index in [2.05, 4.69) is 58.9 Å². The second-order valence-electron chi connectivity index (χ2n) is 15.4. The molecule has 1 aromatic rings. The van der Waals surface area contributed by atoms with Gasteiger partial charge < -0.3 is 4.74 Å². The Morgan fingerprint density at radius 2 is 1.85 bits per heavy atom. The van der Waals surface area contributed by atoms with Gasteiger partial charge >= 0.3 is 6.09 Å². The summed E-state index contributed by atoms with van der Waals surface area (Å²) in [4.78, 5) is 15.2. The van der Waals surface area contributed by atoms with Gasteiger partial charge in [-0.3, -0.25) is 4.90 Å². The van der Waals surface area contributed by atoms with Crippen LogP contribution in [0.3, 0.4) is 0 Å². The molecule has 1 heterocycles. The first-order valence-corrected chi connectivity index (χ1v) is 17.0. The number of rotatable bonds is 6. The molecule has 40 heavy (non-hydrogen) atoms. The van der Waals surface area contributed by atoms with Crippen LogP contribution in [0.5, 0.6) is 0 Å². The van der Waals surface area contributed by atoms with E-state index in [1.165, 1.54) is 63.4 Å². The zero-order valence-electron chi connectivity index (χ0n) is 26.1. The van der Waals surface area contributed by atoms with E-state index in [0.29, 0.717) is 10.8 Å². The minimum Gasteiger partial charge on any atom is -0.446 e. The van der Waals surface area contributed by atoms with Crippen LogP contribution >= 0.6 is 0 Å². The van der Waals surface area contributed by atoms with Gasteiger partial charge in [-0.15, -0.1) is 0 Å². The first-order chi connectivity index (χ1) is 19.2. The molecular weight excluding hydrogens is 490 g/mol. The normalized spacial score (nSPS) is 37.6. The van der Waals surface area contributed by atoms with Crippen molar-refractivity contribution in [3.63, 3.8) is 0 Å². The van der Waals surface area contributed by atoms with Crippen LogP contribution in [0.15, 0.2) is 35.9 Å². The third-order valence-electron chi connectivity index (χ3n) is 12.9.